The van der Waals surface area contributed by atoms with Gasteiger partial charge in [0.1, 0.15) is 11.7 Å². The zero-order valence-electron chi connectivity index (χ0n) is 15.2. The molecule has 1 aliphatic heterocycles. The molecule has 0 saturated carbocycles. The highest BCUT2D eigenvalue weighted by Gasteiger charge is 2.19. The second-order valence-corrected chi connectivity index (χ2v) is 7.36. The first-order chi connectivity index (χ1) is 13.1. The molecule has 4 rings (SSSR count). The zero-order valence-corrected chi connectivity index (χ0v) is 15.2. The van der Waals surface area contributed by atoms with Crippen LogP contribution in [0.15, 0.2) is 59.1 Å². The van der Waals surface area contributed by atoms with E-state index in [0.717, 1.165) is 42.4 Å². The number of carbonyl (C=O) groups is 1. The van der Waals surface area contributed by atoms with Gasteiger partial charge in [-0.2, -0.15) is 0 Å². The topological polar surface area (TPSA) is 55.4 Å². The number of nitrogens with zero attached hydrogens (tertiary/aromatic N) is 1. The number of Topliss-reactive ketones (excluding diaryl/α,β-unsaturated/α-hetero) is 1. The highest BCUT2D eigenvalue weighted by molar-refractivity contribution is 6.04. The number of rotatable bonds is 4. The van der Waals surface area contributed by atoms with Crippen molar-refractivity contribution in [2.75, 3.05) is 6.54 Å². The molecule has 0 bridgehead atoms. The van der Waals surface area contributed by atoms with Crippen molar-refractivity contribution >= 4 is 11.6 Å². The normalized spacial score (nSPS) is 19.1. The summed E-state index contributed by atoms with van der Waals surface area (Å²) in [5.74, 6) is 0.680. The number of halogens is 1. The Labute approximate surface area is 158 Å². The lowest BCUT2D eigenvalue weighted by atomic mass is 9.83. The average molecular weight is 362 g/mol. The first-order valence-electron chi connectivity index (χ1n) is 9.51. The molecule has 2 aromatic carbocycles. The third-order valence-electron chi connectivity index (χ3n) is 5.51. The fraction of sp³-hybridized carbons (Fsp3) is 0.304. The van der Waals surface area contributed by atoms with E-state index in [-0.39, 0.29) is 17.5 Å². The van der Waals surface area contributed by atoms with Crippen molar-refractivity contribution in [3.63, 3.8) is 0 Å². The van der Waals surface area contributed by atoms with E-state index in [2.05, 4.69) is 11.1 Å². The van der Waals surface area contributed by atoms with Crippen LogP contribution < -0.4 is 5.73 Å². The van der Waals surface area contributed by atoms with Gasteiger partial charge in [-0.1, -0.05) is 35.9 Å². The summed E-state index contributed by atoms with van der Waals surface area (Å²) in [6.07, 6.45) is 6.52. The lowest BCUT2D eigenvalue weighted by molar-refractivity contribution is 0.0991. The maximum absolute atomic E-state index is 13.2. The molecule has 2 N–H and O–H groups in total. The molecule has 1 atom stereocenters. The number of benzene rings is 2. The number of carbonyl (C=O) groups excluding carboxylic acids is 1. The lowest BCUT2D eigenvalue weighted by Crippen LogP contribution is -2.21. The number of amidine groups is 1. The van der Waals surface area contributed by atoms with Crippen molar-refractivity contribution in [3.05, 3.63) is 82.2 Å². The van der Waals surface area contributed by atoms with Gasteiger partial charge in [-0.05, 0) is 55.0 Å². The van der Waals surface area contributed by atoms with E-state index in [0.29, 0.717) is 24.4 Å². The second-order valence-electron chi connectivity index (χ2n) is 7.36. The van der Waals surface area contributed by atoms with Gasteiger partial charge >= 0.3 is 0 Å². The van der Waals surface area contributed by atoms with Crippen LogP contribution in [-0.2, 0) is 6.42 Å². The molecule has 0 spiro atoms. The Morgan fingerprint density at radius 3 is 2.78 bits per heavy atom. The number of fused-ring (bicyclic) bond motifs is 1. The molecule has 27 heavy (non-hydrogen) atoms. The minimum Gasteiger partial charge on any atom is -0.383 e. The minimum absolute atomic E-state index is 0.113. The van der Waals surface area contributed by atoms with Gasteiger partial charge in [0.25, 0.3) is 0 Å². The summed E-state index contributed by atoms with van der Waals surface area (Å²) >= 11 is 0. The SMILES string of the molecule is NC1=NCCc2ccc(C(=O)CC3=C[C@@H](c4ccc(F)cc4)CCC3)cc21. The molecular weight excluding hydrogens is 339 g/mol. The first kappa shape index (κ1) is 17.7. The van der Waals surface area contributed by atoms with E-state index in [4.69, 9.17) is 5.73 Å². The van der Waals surface area contributed by atoms with Crippen LogP contribution >= 0.6 is 0 Å². The van der Waals surface area contributed by atoms with E-state index in [1.165, 1.54) is 17.7 Å². The maximum Gasteiger partial charge on any atom is 0.166 e. The summed E-state index contributed by atoms with van der Waals surface area (Å²) in [7, 11) is 0. The van der Waals surface area contributed by atoms with Crippen molar-refractivity contribution in [1.82, 2.24) is 0 Å². The summed E-state index contributed by atoms with van der Waals surface area (Å²) in [5, 5.41) is 0. The van der Waals surface area contributed by atoms with Crippen molar-refractivity contribution < 1.29 is 9.18 Å². The number of hydrogen-bond donors (Lipinski definition) is 1. The summed E-state index contributed by atoms with van der Waals surface area (Å²) < 4.78 is 13.2. The third-order valence-corrected chi connectivity index (χ3v) is 5.51. The number of allylic oxidation sites excluding steroid dienone is 2. The molecule has 0 aromatic heterocycles. The number of ketones is 1. The van der Waals surface area contributed by atoms with Crippen LogP contribution in [-0.4, -0.2) is 18.2 Å². The molecular formula is C23H23FN2O. The Morgan fingerprint density at radius 1 is 1.15 bits per heavy atom. The molecule has 0 fully saturated rings. The molecule has 1 heterocycles. The first-order valence-corrected chi connectivity index (χ1v) is 9.51. The lowest BCUT2D eigenvalue weighted by Gasteiger charge is -2.21. The van der Waals surface area contributed by atoms with Crippen LogP contribution in [0.25, 0.3) is 0 Å². The summed E-state index contributed by atoms with van der Waals surface area (Å²) in [6, 6.07) is 12.5. The quantitative estimate of drug-likeness (QED) is 0.641. The predicted octanol–water partition coefficient (Wildman–Crippen LogP) is 4.55. The van der Waals surface area contributed by atoms with Gasteiger partial charge in [0, 0.05) is 30.0 Å². The standard InChI is InChI=1S/C23H23FN2O/c24-20-8-6-16(7-9-20)18-3-1-2-15(12-18)13-22(27)19-5-4-17-10-11-26-23(25)21(17)14-19/h4-9,12,14,18H,1-3,10-11,13H2,(H2,25,26)/t18-/m0/s1. The Balaban J connectivity index is 1.51. The van der Waals surface area contributed by atoms with Crippen LogP contribution in [0.5, 0.6) is 0 Å². The molecule has 3 nitrogen and oxygen atoms in total. The summed E-state index contributed by atoms with van der Waals surface area (Å²) in [4.78, 5) is 17.1. The van der Waals surface area contributed by atoms with Gasteiger partial charge in [0.05, 0.1) is 0 Å². The molecule has 2 aliphatic rings. The van der Waals surface area contributed by atoms with Crippen LogP contribution in [0.2, 0.25) is 0 Å². The third kappa shape index (κ3) is 3.85. The summed E-state index contributed by atoms with van der Waals surface area (Å²) in [5.41, 5.74) is 11.0. The molecule has 0 amide bonds. The average Bonchev–Trinajstić information content (AvgIpc) is 2.69. The molecule has 0 radical (unpaired) electrons. The van der Waals surface area contributed by atoms with E-state index >= 15 is 0 Å². The molecule has 0 saturated heterocycles. The molecule has 4 heteroatoms. The largest absolute Gasteiger partial charge is 0.383 e. The van der Waals surface area contributed by atoms with Gasteiger partial charge in [0.2, 0.25) is 0 Å². The smallest absolute Gasteiger partial charge is 0.166 e. The predicted molar refractivity (Wildman–Crippen MR) is 106 cm³/mol. The highest BCUT2D eigenvalue weighted by atomic mass is 19.1. The Bertz CT molecular complexity index is 928. The monoisotopic (exact) mass is 362 g/mol. The molecule has 2 aromatic rings. The van der Waals surface area contributed by atoms with Crippen molar-refractivity contribution in [2.24, 2.45) is 10.7 Å². The molecule has 0 unspecified atom stereocenters. The molecule has 138 valence electrons. The van der Waals surface area contributed by atoms with Gasteiger partial charge in [-0.15, -0.1) is 0 Å². The van der Waals surface area contributed by atoms with Gasteiger partial charge < -0.3 is 5.73 Å². The van der Waals surface area contributed by atoms with Crippen LogP contribution in [0.1, 0.15) is 58.6 Å². The van der Waals surface area contributed by atoms with Crippen molar-refractivity contribution in [3.8, 4) is 0 Å². The summed E-state index contributed by atoms with van der Waals surface area (Å²) in [6.45, 7) is 0.712. The van der Waals surface area contributed by atoms with Crippen LogP contribution in [0, 0.1) is 5.82 Å². The fourth-order valence-electron chi connectivity index (χ4n) is 4.02. The zero-order chi connectivity index (χ0) is 18.8. The van der Waals surface area contributed by atoms with Gasteiger partial charge in [-0.25, -0.2) is 4.39 Å². The number of aliphatic imine (C=N–C) groups is 1. The Kier molecular flexibility index (Phi) is 4.88. The van der Waals surface area contributed by atoms with Gasteiger partial charge in [-0.3, -0.25) is 9.79 Å². The van der Waals surface area contributed by atoms with E-state index in [9.17, 15) is 9.18 Å². The highest BCUT2D eigenvalue weighted by Crippen LogP contribution is 2.33. The Morgan fingerprint density at radius 2 is 1.96 bits per heavy atom. The van der Waals surface area contributed by atoms with E-state index in [1.807, 2.05) is 30.3 Å². The maximum atomic E-state index is 13.2. The van der Waals surface area contributed by atoms with E-state index < -0.39 is 0 Å². The number of nitrogens with two attached hydrogens (primary N) is 1. The van der Waals surface area contributed by atoms with Crippen molar-refractivity contribution in [1.29, 1.82) is 0 Å². The Hall–Kier alpha value is -2.75. The van der Waals surface area contributed by atoms with E-state index in [1.54, 1.807) is 0 Å². The minimum atomic E-state index is -0.218. The van der Waals surface area contributed by atoms with Crippen LogP contribution in [0.4, 0.5) is 4.39 Å². The van der Waals surface area contributed by atoms with Crippen molar-refractivity contribution in [2.45, 2.75) is 38.0 Å². The fourth-order valence-corrected chi connectivity index (χ4v) is 4.02. The van der Waals surface area contributed by atoms with Gasteiger partial charge in [0.15, 0.2) is 5.78 Å². The number of hydrogen-bond acceptors (Lipinski definition) is 3. The second kappa shape index (κ2) is 7.47. The van der Waals surface area contributed by atoms with Crippen LogP contribution in [0.3, 0.4) is 0 Å². The molecule has 1 aliphatic carbocycles.